The first-order valence-electron chi connectivity index (χ1n) is 4.41. The lowest BCUT2D eigenvalue weighted by atomic mass is 10.4. The fraction of sp³-hybridized carbons (Fsp3) is 0.857. The van der Waals surface area contributed by atoms with Gasteiger partial charge >= 0.3 is 5.17 Å². The summed E-state index contributed by atoms with van der Waals surface area (Å²) in [4.78, 5) is 2.35. The minimum atomic E-state index is 0.0691. The zero-order chi connectivity index (χ0) is 9.26. The molecule has 0 amide bonds. The molecule has 2 heterocycles. The van der Waals surface area contributed by atoms with Crippen molar-refractivity contribution in [1.82, 2.24) is 10.2 Å². The van der Waals surface area contributed by atoms with E-state index in [1.807, 2.05) is 0 Å². The zero-order valence-electron chi connectivity index (χ0n) is 7.69. The molecular formula is C7H15N4S2+. The fourth-order valence-corrected chi connectivity index (χ4v) is 3.50. The first-order valence-corrected chi connectivity index (χ1v) is 6.63. The highest BCUT2D eigenvalue weighted by Crippen LogP contribution is 2.30. The van der Waals surface area contributed by atoms with Crippen molar-refractivity contribution in [2.24, 2.45) is 5.73 Å². The smallest absolute Gasteiger partial charge is 0.299 e. The number of nitrogens with one attached hydrogen (secondary N) is 1. The lowest BCUT2D eigenvalue weighted by Crippen LogP contribution is -2.45. The van der Waals surface area contributed by atoms with E-state index in [1.54, 1.807) is 21.6 Å². The zero-order valence-corrected chi connectivity index (χ0v) is 9.33. The molecule has 2 rings (SSSR count). The molecule has 2 aliphatic rings. The highest BCUT2D eigenvalue weighted by molar-refractivity contribution is 8.83. The highest BCUT2D eigenvalue weighted by Gasteiger charge is 2.28. The van der Waals surface area contributed by atoms with E-state index in [9.17, 15) is 0 Å². The third-order valence-corrected chi connectivity index (χ3v) is 4.63. The first-order chi connectivity index (χ1) is 6.25. The summed E-state index contributed by atoms with van der Waals surface area (Å²) in [5, 5.41) is 4.51. The van der Waals surface area contributed by atoms with Gasteiger partial charge in [-0.3, -0.25) is 15.2 Å². The van der Waals surface area contributed by atoms with Crippen LogP contribution < -0.4 is 11.1 Å². The van der Waals surface area contributed by atoms with Crippen LogP contribution in [0.3, 0.4) is 0 Å². The van der Waals surface area contributed by atoms with Crippen molar-refractivity contribution in [3.8, 4) is 0 Å². The number of nitrogens with two attached hydrogens (primary N) is 1. The third-order valence-electron chi connectivity index (χ3n) is 2.29. The van der Waals surface area contributed by atoms with Crippen LogP contribution in [0, 0.1) is 0 Å². The molecule has 2 fully saturated rings. The van der Waals surface area contributed by atoms with E-state index < -0.39 is 0 Å². The van der Waals surface area contributed by atoms with Crippen molar-refractivity contribution in [2.75, 3.05) is 33.2 Å². The van der Waals surface area contributed by atoms with Gasteiger partial charge < -0.3 is 0 Å². The topological polar surface area (TPSA) is 44.3 Å². The van der Waals surface area contributed by atoms with Gasteiger partial charge in [-0.25, -0.2) is 5.32 Å². The van der Waals surface area contributed by atoms with Crippen LogP contribution in [0.25, 0.3) is 0 Å². The van der Waals surface area contributed by atoms with Crippen LogP contribution in [0.5, 0.6) is 0 Å². The minimum absolute atomic E-state index is 0.0691. The van der Waals surface area contributed by atoms with Crippen LogP contribution >= 0.6 is 21.6 Å². The van der Waals surface area contributed by atoms with E-state index in [4.69, 9.17) is 5.73 Å². The van der Waals surface area contributed by atoms with E-state index in [0.717, 1.165) is 26.2 Å². The number of piperazine rings is 1. The van der Waals surface area contributed by atoms with Gasteiger partial charge in [-0.2, -0.15) is 0 Å². The Balaban J connectivity index is 1.99. The molecule has 74 valence electrons. The second-order valence-electron chi connectivity index (χ2n) is 3.34. The third kappa shape index (κ3) is 2.31. The molecule has 0 radical (unpaired) electrons. The van der Waals surface area contributed by atoms with Crippen molar-refractivity contribution < 1.29 is 4.58 Å². The predicted octanol–water partition coefficient (Wildman–Crippen LogP) is -0.473. The second kappa shape index (κ2) is 4.08. The van der Waals surface area contributed by atoms with E-state index in [1.165, 1.54) is 5.17 Å². The Morgan fingerprint density at radius 1 is 1.54 bits per heavy atom. The Bertz CT molecular complexity index is 221. The maximum absolute atomic E-state index is 5.73. The molecule has 2 saturated heterocycles. The van der Waals surface area contributed by atoms with Crippen LogP contribution in [-0.4, -0.2) is 53.4 Å². The van der Waals surface area contributed by atoms with Crippen LogP contribution in [-0.2, 0) is 0 Å². The molecule has 6 heteroatoms. The number of hydrogen-bond donors (Lipinski definition) is 2. The van der Waals surface area contributed by atoms with Crippen LogP contribution in [0.1, 0.15) is 0 Å². The summed E-state index contributed by atoms with van der Waals surface area (Å²) >= 11 is 0. The summed E-state index contributed by atoms with van der Waals surface area (Å²) < 4.78 is 2.38. The lowest BCUT2D eigenvalue weighted by Gasteiger charge is -2.23. The normalized spacial score (nSPS) is 30.8. The first kappa shape index (κ1) is 9.64. The van der Waals surface area contributed by atoms with Gasteiger partial charge in [0, 0.05) is 23.9 Å². The van der Waals surface area contributed by atoms with E-state index in [2.05, 4.69) is 21.8 Å². The van der Waals surface area contributed by atoms with Crippen molar-refractivity contribution in [3.05, 3.63) is 0 Å². The molecule has 13 heavy (non-hydrogen) atoms. The summed E-state index contributed by atoms with van der Waals surface area (Å²) in [5.41, 5.74) is 5.80. The van der Waals surface area contributed by atoms with Gasteiger partial charge in [0.05, 0.1) is 13.1 Å². The predicted molar refractivity (Wildman–Crippen MR) is 58.8 cm³/mol. The molecule has 0 spiro atoms. The fourth-order valence-electron chi connectivity index (χ4n) is 1.42. The molecule has 3 N–H and O–H groups in total. The van der Waals surface area contributed by atoms with Crippen molar-refractivity contribution >= 4 is 26.8 Å². The Morgan fingerprint density at radius 2 is 2.23 bits per heavy atom. The average molecular weight is 219 g/mol. The molecular weight excluding hydrogens is 204 g/mol. The molecule has 0 bridgehead atoms. The van der Waals surface area contributed by atoms with Crippen LogP contribution in [0.15, 0.2) is 0 Å². The minimum Gasteiger partial charge on any atom is -0.299 e. The summed E-state index contributed by atoms with van der Waals surface area (Å²) in [6.45, 7) is 4.51. The van der Waals surface area contributed by atoms with Crippen molar-refractivity contribution in [2.45, 2.75) is 5.50 Å². The molecule has 2 aliphatic heterocycles. The monoisotopic (exact) mass is 219 g/mol. The van der Waals surface area contributed by atoms with Gasteiger partial charge in [-0.15, -0.1) is 0 Å². The van der Waals surface area contributed by atoms with Gasteiger partial charge in [-0.05, 0) is 17.8 Å². The largest absolute Gasteiger partial charge is 0.319 e. The Labute approximate surface area is 86.3 Å². The van der Waals surface area contributed by atoms with E-state index >= 15 is 0 Å². The molecule has 1 atom stereocenters. The summed E-state index contributed by atoms with van der Waals surface area (Å²) in [7, 11) is 5.62. The number of nitrogens with zero attached hydrogens (tertiary/aromatic N) is 2. The van der Waals surface area contributed by atoms with E-state index in [0.29, 0.717) is 0 Å². The van der Waals surface area contributed by atoms with E-state index in [-0.39, 0.29) is 5.50 Å². The summed E-state index contributed by atoms with van der Waals surface area (Å²) in [6.07, 6.45) is 0. The molecule has 0 aromatic carbocycles. The standard InChI is InChI=1S/C7H14N4S2/c1-10-2-4-11(5-3-10)7-9-6(8)12-13-7/h6H,2-5,8H2,1H3/p+1. The number of amidine groups is 1. The maximum atomic E-state index is 5.73. The Morgan fingerprint density at radius 3 is 2.77 bits per heavy atom. The van der Waals surface area contributed by atoms with Gasteiger partial charge in [0.2, 0.25) is 5.50 Å². The lowest BCUT2D eigenvalue weighted by molar-refractivity contribution is -0.538. The van der Waals surface area contributed by atoms with Crippen LogP contribution in [0.2, 0.25) is 0 Å². The SMILES string of the molecule is CN1CC[N+](=C2NC(N)SS2)CC1. The van der Waals surface area contributed by atoms with Gasteiger partial charge in [0.25, 0.3) is 0 Å². The van der Waals surface area contributed by atoms with Gasteiger partial charge in [0.1, 0.15) is 0 Å². The molecule has 0 aromatic rings. The summed E-state index contributed by atoms with van der Waals surface area (Å²) in [5.74, 6) is 0. The number of likely N-dealkylation sites (N-methyl/N-ethyl adjacent to an activating group) is 1. The Kier molecular flexibility index (Phi) is 3.02. The second-order valence-corrected chi connectivity index (χ2v) is 5.67. The number of hydrogen-bond acceptors (Lipinski definition) is 4. The number of rotatable bonds is 0. The Hall–Kier alpha value is 0.0900. The summed E-state index contributed by atoms with van der Waals surface area (Å²) in [6, 6.07) is 0. The van der Waals surface area contributed by atoms with Crippen molar-refractivity contribution in [3.63, 3.8) is 0 Å². The molecule has 4 nitrogen and oxygen atoms in total. The molecule has 1 unspecified atom stereocenters. The average Bonchev–Trinajstić information content (AvgIpc) is 2.53. The van der Waals surface area contributed by atoms with Gasteiger partial charge in [-0.1, -0.05) is 0 Å². The molecule has 0 saturated carbocycles. The molecule has 0 aromatic heterocycles. The van der Waals surface area contributed by atoms with Gasteiger partial charge in [0.15, 0.2) is 0 Å². The van der Waals surface area contributed by atoms with Crippen molar-refractivity contribution in [1.29, 1.82) is 0 Å². The molecule has 0 aliphatic carbocycles. The van der Waals surface area contributed by atoms with Crippen LogP contribution in [0.4, 0.5) is 0 Å². The maximum Gasteiger partial charge on any atom is 0.319 e. The quantitative estimate of drug-likeness (QED) is 0.426. The highest BCUT2D eigenvalue weighted by atomic mass is 33.1.